The predicted octanol–water partition coefficient (Wildman–Crippen LogP) is 6.59. The summed E-state index contributed by atoms with van der Waals surface area (Å²) in [5.41, 5.74) is 11.0. The van der Waals surface area contributed by atoms with Crippen molar-refractivity contribution in [2.24, 2.45) is 5.73 Å². The molecule has 0 fully saturated rings. The van der Waals surface area contributed by atoms with Crippen LogP contribution in [0.5, 0.6) is 0 Å². The normalized spacial score (nSPS) is 17.5. The maximum atomic E-state index is 13.3. The van der Waals surface area contributed by atoms with Gasteiger partial charge in [0, 0.05) is 28.3 Å². The second-order valence-corrected chi connectivity index (χ2v) is 12.3. The first-order chi connectivity index (χ1) is 18.8. The molecule has 0 saturated carbocycles. The van der Waals surface area contributed by atoms with E-state index < -0.39 is 5.92 Å². The van der Waals surface area contributed by atoms with Crippen LogP contribution in [0.1, 0.15) is 66.4 Å². The van der Waals surface area contributed by atoms with E-state index in [-0.39, 0.29) is 23.1 Å². The van der Waals surface area contributed by atoms with Crippen LogP contribution < -0.4 is 10.6 Å². The van der Waals surface area contributed by atoms with E-state index in [2.05, 4.69) is 30.1 Å². The fourth-order valence-corrected chi connectivity index (χ4v) is 6.81. The molecule has 1 aromatic heterocycles. The van der Waals surface area contributed by atoms with E-state index in [0.717, 1.165) is 11.3 Å². The Labute approximate surface area is 240 Å². The highest BCUT2D eigenvalue weighted by molar-refractivity contribution is 8.01. The molecule has 1 aliphatic carbocycles. The molecular weight excluding hydrogens is 550 g/mol. The summed E-state index contributed by atoms with van der Waals surface area (Å²) < 4.78 is 0.592. The number of ketones is 2. The lowest BCUT2D eigenvalue weighted by atomic mass is 9.75. The van der Waals surface area contributed by atoms with Gasteiger partial charge < -0.3 is 5.73 Å². The highest BCUT2D eigenvalue weighted by Crippen LogP contribution is 2.47. The number of thioether (sulfide) groups is 1. The molecule has 0 spiro atoms. The number of halogens is 1. The van der Waals surface area contributed by atoms with E-state index in [1.807, 2.05) is 24.3 Å². The third-order valence-corrected chi connectivity index (χ3v) is 9.22. The number of anilines is 1. The van der Waals surface area contributed by atoms with Crippen LogP contribution in [0, 0.1) is 11.3 Å². The van der Waals surface area contributed by atoms with Crippen LogP contribution in [-0.4, -0.2) is 27.5 Å². The zero-order valence-corrected chi connectivity index (χ0v) is 23.9. The summed E-state index contributed by atoms with van der Waals surface area (Å²) in [6.07, 6.45) is 1.76. The van der Waals surface area contributed by atoms with Crippen molar-refractivity contribution in [1.29, 1.82) is 5.26 Å². The first-order valence-corrected chi connectivity index (χ1v) is 14.8. The summed E-state index contributed by atoms with van der Waals surface area (Å²) in [5, 5.41) is 19.9. The van der Waals surface area contributed by atoms with Crippen LogP contribution in [-0.2, 0) is 4.79 Å². The number of hydrogen-bond donors (Lipinski definition) is 1. The Kier molecular flexibility index (Phi) is 7.89. The van der Waals surface area contributed by atoms with Crippen LogP contribution in [0.25, 0.3) is 0 Å². The molecule has 0 saturated heterocycles. The number of carbonyl (C=O) groups is 2. The van der Waals surface area contributed by atoms with Gasteiger partial charge in [-0.25, -0.2) is 0 Å². The summed E-state index contributed by atoms with van der Waals surface area (Å²) >= 11 is 8.48. The van der Waals surface area contributed by atoms with E-state index in [1.165, 1.54) is 28.7 Å². The van der Waals surface area contributed by atoms with Crippen molar-refractivity contribution in [3.8, 4) is 6.07 Å². The Morgan fingerprint density at radius 1 is 1.18 bits per heavy atom. The molecule has 1 unspecified atom stereocenters. The van der Waals surface area contributed by atoms with Gasteiger partial charge in [0.2, 0.25) is 5.13 Å². The Morgan fingerprint density at radius 2 is 1.90 bits per heavy atom. The summed E-state index contributed by atoms with van der Waals surface area (Å²) in [7, 11) is 0. The molecule has 2 heterocycles. The number of allylic oxidation sites excluding steroid dienone is 3. The summed E-state index contributed by atoms with van der Waals surface area (Å²) in [5.74, 6) is 0.266. The van der Waals surface area contributed by atoms with Gasteiger partial charge in [-0.3, -0.25) is 14.5 Å². The predicted molar refractivity (Wildman–Crippen MR) is 155 cm³/mol. The third kappa shape index (κ3) is 5.37. The van der Waals surface area contributed by atoms with Crippen LogP contribution in [0.15, 0.2) is 75.5 Å². The first-order valence-electron chi connectivity index (χ1n) is 12.6. The van der Waals surface area contributed by atoms with Gasteiger partial charge in [0.1, 0.15) is 5.82 Å². The van der Waals surface area contributed by atoms with E-state index in [4.69, 9.17) is 17.3 Å². The molecule has 0 bridgehead atoms. The minimum absolute atomic E-state index is 0.0205. The lowest BCUT2D eigenvalue weighted by molar-refractivity contribution is -0.116. The molecule has 198 valence electrons. The highest BCUT2D eigenvalue weighted by Gasteiger charge is 2.41. The van der Waals surface area contributed by atoms with Gasteiger partial charge in [0.25, 0.3) is 0 Å². The lowest BCUT2D eigenvalue weighted by Crippen LogP contribution is -2.38. The Hall–Kier alpha value is -3.45. The van der Waals surface area contributed by atoms with E-state index in [9.17, 15) is 14.9 Å². The van der Waals surface area contributed by atoms with Crippen molar-refractivity contribution in [3.63, 3.8) is 0 Å². The lowest BCUT2D eigenvalue weighted by Gasteiger charge is -2.38. The summed E-state index contributed by atoms with van der Waals surface area (Å²) in [6, 6.07) is 17.1. The van der Waals surface area contributed by atoms with Crippen molar-refractivity contribution in [2.75, 3.05) is 10.7 Å². The molecule has 10 heteroatoms. The van der Waals surface area contributed by atoms with E-state index in [1.54, 1.807) is 29.2 Å². The molecule has 39 heavy (non-hydrogen) atoms. The second kappa shape index (κ2) is 11.3. The highest BCUT2D eigenvalue weighted by atomic mass is 35.5. The monoisotopic (exact) mass is 575 g/mol. The van der Waals surface area contributed by atoms with E-state index in [0.29, 0.717) is 56.4 Å². The molecule has 0 radical (unpaired) electrons. The van der Waals surface area contributed by atoms with Crippen molar-refractivity contribution in [2.45, 2.75) is 49.3 Å². The van der Waals surface area contributed by atoms with Crippen molar-refractivity contribution in [3.05, 3.63) is 92.9 Å². The molecule has 3 aromatic rings. The quantitative estimate of drug-likeness (QED) is 0.248. The van der Waals surface area contributed by atoms with Crippen molar-refractivity contribution < 1.29 is 9.59 Å². The number of nitriles is 1. The number of nitrogens with two attached hydrogens (primary N) is 1. The number of benzene rings is 2. The zero-order chi connectivity index (χ0) is 27.7. The van der Waals surface area contributed by atoms with Gasteiger partial charge in [0.15, 0.2) is 15.9 Å². The maximum Gasteiger partial charge on any atom is 0.219 e. The maximum absolute atomic E-state index is 13.3. The molecule has 1 aliphatic heterocycles. The molecule has 2 aromatic carbocycles. The molecular formula is C29H26ClN5O2S2. The van der Waals surface area contributed by atoms with E-state index >= 15 is 0 Å². The molecule has 5 rings (SSSR count). The van der Waals surface area contributed by atoms with Crippen molar-refractivity contribution in [1.82, 2.24) is 10.2 Å². The van der Waals surface area contributed by atoms with Gasteiger partial charge in [-0.2, -0.15) is 5.26 Å². The van der Waals surface area contributed by atoms with Gasteiger partial charge in [-0.15, -0.1) is 10.2 Å². The first kappa shape index (κ1) is 27.1. The minimum Gasteiger partial charge on any atom is -0.384 e. The molecule has 2 aliphatic rings. The number of hydrogen-bond acceptors (Lipinski definition) is 9. The van der Waals surface area contributed by atoms with Gasteiger partial charge in [0.05, 0.1) is 23.3 Å². The third-order valence-electron chi connectivity index (χ3n) is 6.93. The van der Waals surface area contributed by atoms with Crippen molar-refractivity contribution >= 4 is 51.4 Å². The second-order valence-electron chi connectivity index (χ2n) is 9.71. The average Bonchev–Trinajstić information content (AvgIpc) is 3.40. The molecule has 1 atom stereocenters. The molecule has 7 nitrogen and oxygen atoms in total. The summed E-state index contributed by atoms with van der Waals surface area (Å²) in [4.78, 5) is 27.6. The molecule has 2 N–H and O–H groups in total. The Morgan fingerprint density at radius 3 is 2.56 bits per heavy atom. The average molecular weight is 576 g/mol. The Bertz CT molecular complexity index is 1530. The summed E-state index contributed by atoms with van der Waals surface area (Å²) in [6.45, 7) is 4.25. The smallest absolute Gasteiger partial charge is 0.219 e. The number of nitrogens with zero attached hydrogens (tertiary/aromatic N) is 4. The van der Waals surface area contributed by atoms with Crippen LogP contribution in [0.3, 0.4) is 0 Å². The largest absolute Gasteiger partial charge is 0.384 e. The zero-order valence-electron chi connectivity index (χ0n) is 21.5. The van der Waals surface area contributed by atoms with Crippen LogP contribution in [0.4, 0.5) is 5.13 Å². The SMILES string of the molecule is CC(C)c1ccc(C2C(C#N)=C(N)N(c3nnc(SCC(=O)c4ccc(Cl)cc4)s3)C3=C2C(=O)CCC3)cc1. The number of Topliss-reactive ketones (excluding diaryl/α,β-unsaturated/α-hetero) is 2. The number of rotatable bonds is 7. The fourth-order valence-electron chi connectivity index (χ4n) is 4.91. The number of carbonyl (C=O) groups excluding carboxylic acids is 2. The van der Waals surface area contributed by atoms with Crippen LogP contribution in [0.2, 0.25) is 5.02 Å². The van der Waals surface area contributed by atoms with Gasteiger partial charge in [-0.05, 0) is 54.2 Å². The standard InChI is InChI=1S/C29H26ClN5O2S2/c1-16(2)17-6-8-19(9-7-17)25-21(14-31)27(32)35(22-4-3-5-23(36)26(22)25)28-33-34-29(39-28)38-15-24(37)18-10-12-20(30)13-11-18/h6-13,16,25H,3-5,15,32H2,1-2H3. The fraction of sp³-hybridized carbons (Fsp3) is 0.276. The Balaban J connectivity index is 1.46. The number of aromatic nitrogens is 2. The topological polar surface area (TPSA) is 113 Å². The van der Waals surface area contributed by atoms with Crippen LogP contribution >= 0.6 is 34.7 Å². The van der Waals surface area contributed by atoms with Gasteiger partial charge in [-0.1, -0.05) is 72.8 Å². The van der Waals surface area contributed by atoms with Gasteiger partial charge >= 0.3 is 0 Å². The molecule has 0 amide bonds. The minimum atomic E-state index is -0.519.